The zero-order valence-corrected chi connectivity index (χ0v) is 21.4. The van der Waals surface area contributed by atoms with E-state index in [4.69, 9.17) is 23.2 Å². The maximum Gasteiger partial charge on any atom is 0.264 e. The van der Waals surface area contributed by atoms with Gasteiger partial charge in [-0.2, -0.15) is 0 Å². The van der Waals surface area contributed by atoms with Gasteiger partial charge in [-0.25, -0.2) is 8.42 Å². The van der Waals surface area contributed by atoms with E-state index in [1.54, 1.807) is 23.9 Å². The predicted octanol–water partition coefficient (Wildman–Crippen LogP) is 5.71. The third-order valence-electron chi connectivity index (χ3n) is 4.80. The summed E-state index contributed by atoms with van der Waals surface area (Å²) in [6.07, 6.45) is 0. The van der Waals surface area contributed by atoms with E-state index in [0.29, 0.717) is 17.3 Å². The molecule has 0 aromatic heterocycles. The van der Waals surface area contributed by atoms with Crippen molar-refractivity contribution in [3.8, 4) is 0 Å². The Morgan fingerprint density at radius 2 is 1.52 bits per heavy atom. The number of hydrogen-bond acceptors (Lipinski definition) is 4. The molecule has 0 unspecified atom stereocenters. The summed E-state index contributed by atoms with van der Waals surface area (Å²) in [4.78, 5) is 13.9. The number of hydrogen-bond donors (Lipinski definition) is 1. The van der Waals surface area contributed by atoms with E-state index < -0.39 is 15.9 Å². The van der Waals surface area contributed by atoms with Gasteiger partial charge in [-0.1, -0.05) is 58.6 Å². The first-order valence-electron chi connectivity index (χ1n) is 10.2. The Morgan fingerprint density at radius 1 is 0.909 bits per heavy atom. The number of aryl methyl sites for hydroxylation is 2. The second kappa shape index (κ2) is 11.3. The Morgan fingerprint density at radius 3 is 2.12 bits per heavy atom. The standard InChI is InChI=1S/C24H24Cl2N2O3S2/c1-17-3-8-20(9-4-17)32-14-13-27-24(29)16-28(19-7-12-22(25)23(26)15-19)33(30,31)21-10-5-18(2)6-11-21/h3-12,15H,13-14,16H2,1-2H3,(H,27,29). The van der Waals surface area contributed by atoms with Gasteiger partial charge in [0, 0.05) is 17.2 Å². The van der Waals surface area contributed by atoms with E-state index in [0.717, 1.165) is 14.8 Å². The average molecular weight is 524 g/mol. The van der Waals surface area contributed by atoms with E-state index >= 15 is 0 Å². The normalized spacial score (nSPS) is 11.3. The molecule has 0 aliphatic heterocycles. The lowest BCUT2D eigenvalue weighted by Crippen LogP contribution is -2.41. The quantitative estimate of drug-likeness (QED) is 0.288. The fourth-order valence-corrected chi connectivity index (χ4v) is 5.45. The fourth-order valence-electron chi connectivity index (χ4n) is 2.97. The monoisotopic (exact) mass is 522 g/mol. The van der Waals surface area contributed by atoms with E-state index in [1.807, 2.05) is 38.1 Å². The SMILES string of the molecule is Cc1ccc(SCCNC(=O)CN(c2ccc(Cl)c(Cl)c2)S(=O)(=O)c2ccc(C)cc2)cc1. The van der Waals surface area contributed by atoms with Crippen LogP contribution in [0.1, 0.15) is 11.1 Å². The minimum atomic E-state index is -4.01. The summed E-state index contributed by atoms with van der Waals surface area (Å²) in [5.74, 6) is 0.244. The van der Waals surface area contributed by atoms with Crippen LogP contribution < -0.4 is 9.62 Å². The van der Waals surface area contributed by atoms with Crippen molar-refractivity contribution < 1.29 is 13.2 Å². The Bertz CT molecular complexity index is 1220. The Labute approximate surface area is 209 Å². The molecule has 1 N–H and O–H groups in total. The molecular formula is C24H24Cl2N2O3S2. The Hall–Kier alpha value is -2.19. The number of benzene rings is 3. The second-order valence-electron chi connectivity index (χ2n) is 7.43. The first kappa shape index (κ1) is 25.4. The van der Waals surface area contributed by atoms with Gasteiger partial charge in [0.15, 0.2) is 0 Å². The highest BCUT2D eigenvalue weighted by Crippen LogP contribution is 2.30. The van der Waals surface area contributed by atoms with Crippen LogP contribution in [0, 0.1) is 13.8 Å². The molecule has 5 nitrogen and oxygen atoms in total. The maximum absolute atomic E-state index is 13.4. The van der Waals surface area contributed by atoms with E-state index in [1.165, 1.54) is 35.9 Å². The molecular weight excluding hydrogens is 499 g/mol. The summed E-state index contributed by atoms with van der Waals surface area (Å²) in [6, 6.07) is 19.1. The largest absolute Gasteiger partial charge is 0.354 e. The number of nitrogens with zero attached hydrogens (tertiary/aromatic N) is 1. The molecule has 0 radical (unpaired) electrons. The topological polar surface area (TPSA) is 66.5 Å². The molecule has 174 valence electrons. The van der Waals surface area contributed by atoms with Crippen LogP contribution in [0.4, 0.5) is 5.69 Å². The van der Waals surface area contributed by atoms with Crippen LogP contribution in [0.15, 0.2) is 76.5 Å². The summed E-state index contributed by atoms with van der Waals surface area (Å²) >= 11 is 13.7. The van der Waals surface area contributed by atoms with Crippen LogP contribution in [-0.4, -0.2) is 33.2 Å². The average Bonchev–Trinajstić information content (AvgIpc) is 2.78. The molecule has 0 atom stereocenters. The van der Waals surface area contributed by atoms with Crippen molar-refractivity contribution in [1.29, 1.82) is 0 Å². The van der Waals surface area contributed by atoms with Crippen molar-refractivity contribution in [3.63, 3.8) is 0 Å². The van der Waals surface area contributed by atoms with Gasteiger partial charge in [-0.15, -0.1) is 11.8 Å². The van der Waals surface area contributed by atoms with E-state index in [9.17, 15) is 13.2 Å². The van der Waals surface area contributed by atoms with Crippen LogP contribution >= 0.6 is 35.0 Å². The van der Waals surface area contributed by atoms with Crippen molar-refractivity contribution in [2.45, 2.75) is 23.6 Å². The van der Waals surface area contributed by atoms with E-state index in [2.05, 4.69) is 5.32 Å². The number of carbonyl (C=O) groups excluding carboxylic acids is 1. The number of amides is 1. The maximum atomic E-state index is 13.4. The smallest absolute Gasteiger partial charge is 0.264 e. The first-order valence-corrected chi connectivity index (χ1v) is 13.4. The molecule has 0 spiro atoms. The van der Waals surface area contributed by atoms with Crippen molar-refractivity contribution in [1.82, 2.24) is 5.32 Å². The Balaban J connectivity index is 1.73. The number of carbonyl (C=O) groups is 1. The summed E-state index contributed by atoms with van der Waals surface area (Å²) in [7, 11) is -4.01. The summed E-state index contributed by atoms with van der Waals surface area (Å²) in [5.41, 5.74) is 2.37. The lowest BCUT2D eigenvalue weighted by Gasteiger charge is -2.24. The molecule has 0 saturated carbocycles. The van der Waals surface area contributed by atoms with Gasteiger partial charge in [0.1, 0.15) is 6.54 Å². The van der Waals surface area contributed by atoms with Crippen LogP contribution in [0.2, 0.25) is 10.0 Å². The van der Waals surface area contributed by atoms with Crippen LogP contribution in [0.3, 0.4) is 0 Å². The predicted molar refractivity (Wildman–Crippen MR) is 137 cm³/mol. The molecule has 33 heavy (non-hydrogen) atoms. The van der Waals surface area contributed by atoms with Gasteiger partial charge in [0.2, 0.25) is 5.91 Å². The second-order valence-corrected chi connectivity index (χ2v) is 11.3. The van der Waals surface area contributed by atoms with E-state index in [-0.39, 0.29) is 22.2 Å². The zero-order valence-electron chi connectivity index (χ0n) is 18.2. The highest BCUT2D eigenvalue weighted by molar-refractivity contribution is 7.99. The van der Waals surface area contributed by atoms with Crippen molar-refractivity contribution in [2.75, 3.05) is 23.1 Å². The zero-order chi connectivity index (χ0) is 24.0. The van der Waals surface area contributed by atoms with Crippen molar-refractivity contribution in [2.24, 2.45) is 0 Å². The lowest BCUT2D eigenvalue weighted by molar-refractivity contribution is -0.119. The Kier molecular flexibility index (Phi) is 8.70. The first-order chi connectivity index (χ1) is 15.7. The van der Waals surface area contributed by atoms with Crippen LogP contribution in [-0.2, 0) is 14.8 Å². The fraction of sp³-hybridized carbons (Fsp3) is 0.208. The van der Waals surface area contributed by atoms with Crippen LogP contribution in [0.5, 0.6) is 0 Å². The van der Waals surface area contributed by atoms with Gasteiger partial charge < -0.3 is 5.32 Å². The van der Waals surface area contributed by atoms with Gasteiger partial charge in [-0.05, 0) is 56.3 Å². The van der Waals surface area contributed by atoms with Crippen LogP contribution in [0.25, 0.3) is 0 Å². The summed E-state index contributed by atoms with van der Waals surface area (Å²) in [6.45, 7) is 3.91. The van der Waals surface area contributed by atoms with Gasteiger partial charge in [0.25, 0.3) is 10.0 Å². The van der Waals surface area contributed by atoms with Crippen molar-refractivity contribution in [3.05, 3.63) is 87.9 Å². The summed E-state index contributed by atoms with van der Waals surface area (Å²) < 4.78 is 27.8. The number of rotatable bonds is 9. The highest BCUT2D eigenvalue weighted by Gasteiger charge is 2.27. The molecule has 0 aliphatic carbocycles. The molecule has 0 bridgehead atoms. The molecule has 9 heteroatoms. The van der Waals surface area contributed by atoms with Crippen molar-refractivity contribution >= 4 is 56.6 Å². The number of halogens is 2. The number of anilines is 1. The molecule has 0 saturated heterocycles. The van der Waals surface area contributed by atoms with Gasteiger partial charge >= 0.3 is 0 Å². The number of nitrogens with one attached hydrogen (secondary N) is 1. The summed E-state index contributed by atoms with van der Waals surface area (Å²) in [5, 5.41) is 3.30. The molecule has 0 aliphatic rings. The van der Waals surface area contributed by atoms with Gasteiger partial charge in [0.05, 0.1) is 20.6 Å². The molecule has 3 rings (SSSR count). The molecule has 0 heterocycles. The minimum absolute atomic E-state index is 0.0851. The molecule has 0 fully saturated rings. The minimum Gasteiger partial charge on any atom is -0.354 e. The third kappa shape index (κ3) is 6.90. The molecule has 1 amide bonds. The third-order valence-corrected chi connectivity index (χ3v) is 8.34. The lowest BCUT2D eigenvalue weighted by atomic mass is 10.2. The highest BCUT2D eigenvalue weighted by atomic mass is 35.5. The van der Waals surface area contributed by atoms with Gasteiger partial charge in [-0.3, -0.25) is 9.10 Å². The number of sulfonamides is 1. The number of thioether (sulfide) groups is 1. The molecule has 3 aromatic rings. The molecule has 3 aromatic carbocycles.